The average molecular weight is 873 g/mol. The van der Waals surface area contributed by atoms with Crippen LogP contribution in [0.5, 0.6) is 0 Å². The summed E-state index contributed by atoms with van der Waals surface area (Å²) in [6, 6.07) is 0. The number of rotatable bonds is 44. The van der Waals surface area contributed by atoms with Crippen LogP contribution in [0.25, 0.3) is 0 Å². The lowest BCUT2D eigenvalue weighted by Gasteiger charge is -2.19. The molecule has 0 saturated heterocycles. The summed E-state index contributed by atoms with van der Waals surface area (Å²) in [5.41, 5.74) is 0. The Morgan fingerprint density at radius 2 is 0.836 bits per heavy atom. The van der Waals surface area contributed by atoms with E-state index in [9.17, 15) is 19.0 Å². The molecule has 61 heavy (non-hydrogen) atoms. The third kappa shape index (κ3) is 46.6. The first kappa shape index (κ1) is 58.2. The van der Waals surface area contributed by atoms with Crippen molar-refractivity contribution < 1.29 is 37.6 Å². The van der Waals surface area contributed by atoms with E-state index >= 15 is 0 Å². The summed E-state index contributed by atoms with van der Waals surface area (Å²) in [6.07, 6.45) is 62.0. The molecule has 9 heteroatoms. The largest absolute Gasteiger partial charge is 0.472 e. The lowest BCUT2D eigenvalue weighted by Crippen LogP contribution is -2.29. The second-order valence-electron chi connectivity index (χ2n) is 15.9. The lowest BCUT2D eigenvalue weighted by molar-refractivity contribution is -0.161. The maximum atomic E-state index is 12.6. The Hall–Kier alpha value is -2.77. The average Bonchev–Trinajstić information content (AvgIpc) is 3.25. The van der Waals surface area contributed by atoms with E-state index in [0.29, 0.717) is 6.42 Å². The number of allylic oxidation sites excluding steroid dienone is 14. The molecule has 0 amide bonds. The van der Waals surface area contributed by atoms with Crippen molar-refractivity contribution in [2.45, 2.75) is 213 Å². The zero-order valence-electron chi connectivity index (χ0n) is 39.0. The minimum atomic E-state index is -4.28. The van der Waals surface area contributed by atoms with Crippen molar-refractivity contribution in [1.29, 1.82) is 0 Å². The summed E-state index contributed by atoms with van der Waals surface area (Å²) >= 11 is 0. The van der Waals surface area contributed by atoms with Crippen LogP contribution in [0.15, 0.2) is 85.1 Å². The fourth-order valence-electron chi connectivity index (χ4n) is 6.42. The third-order valence-corrected chi connectivity index (χ3v) is 11.1. The smallest absolute Gasteiger partial charge is 0.462 e. The fraction of sp³-hybridized carbons (Fsp3) is 0.692. The highest BCUT2D eigenvalue weighted by molar-refractivity contribution is 7.47. The number of unbranched alkanes of at least 4 members (excludes halogenated alkanes) is 19. The zero-order chi connectivity index (χ0) is 44.6. The van der Waals surface area contributed by atoms with Gasteiger partial charge in [-0.2, -0.15) is 0 Å². The van der Waals surface area contributed by atoms with Crippen molar-refractivity contribution in [3.05, 3.63) is 85.1 Å². The van der Waals surface area contributed by atoms with Crippen LogP contribution in [-0.4, -0.2) is 43.3 Å². The quantitative estimate of drug-likeness (QED) is 0.0279. The van der Waals surface area contributed by atoms with Gasteiger partial charge in [-0.15, -0.1) is 0 Å². The van der Waals surface area contributed by atoms with E-state index in [1.54, 1.807) is 0 Å². The van der Waals surface area contributed by atoms with Gasteiger partial charge in [-0.25, -0.2) is 4.57 Å². The van der Waals surface area contributed by atoms with Gasteiger partial charge < -0.3 is 14.4 Å². The predicted octanol–water partition coefficient (Wildman–Crippen LogP) is 15.8. The molecule has 0 aliphatic rings. The van der Waals surface area contributed by atoms with Crippen molar-refractivity contribution in [3.8, 4) is 0 Å². The highest BCUT2D eigenvalue weighted by Gasteiger charge is 2.24. The Morgan fingerprint density at radius 3 is 1.25 bits per heavy atom. The van der Waals surface area contributed by atoms with Gasteiger partial charge in [0.25, 0.3) is 0 Å². The Morgan fingerprint density at radius 1 is 0.475 bits per heavy atom. The van der Waals surface area contributed by atoms with Gasteiger partial charge in [0.2, 0.25) is 0 Å². The molecule has 0 rings (SSSR count). The Labute approximate surface area is 374 Å². The lowest BCUT2D eigenvalue weighted by atomic mass is 10.0. The standard InChI is InChI=1S/C52H89O8P/c1-4-6-8-10-12-14-16-18-20-22-24-25-26-27-29-31-33-35-37-39-41-43-45-47-52(54)60-50(49-59-61(55,56)57-3)48-58-51(53)46-44-42-40-38-36-34-32-30-28-23-21-19-17-15-13-11-9-7-5-2/h6,8,12-15,18-21,24-25,28,30,50H,4-5,7,9-11,16-17,22-23,26-27,29,31-49H2,1-3H3,(H,55,56)/b8-6-,14-12-,15-13-,20-18-,21-19-,25-24-,30-28-. The molecule has 0 aromatic heterocycles. The number of carbonyl (C=O) groups is 2. The number of hydrogen-bond donors (Lipinski definition) is 1. The first-order valence-corrected chi connectivity index (χ1v) is 25.8. The predicted molar refractivity (Wildman–Crippen MR) is 257 cm³/mol. The number of phosphoric ester groups is 1. The number of carbonyl (C=O) groups excluding carboxylic acids is 2. The van der Waals surface area contributed by atoms with Crippen LogP contribution in [0, 0.1) is 0 Å². The summed E-state index contributed by atoms with van der Waals surface area (Å²) < 4.78 is 32.1. The minimum Gasteiger partial charge on any atom is -0.462 e. The molecule has 0 aromatic carbocycles. The number of esters is 2. The minimum absolute atomic E-state index is 0.232. The molecule has 0 heterocycles. The van der Waals surface area contributed by atoms with Gasteiger partial charge >= 0.3 is 19.8 Å². The molecule has 0 fully saturated rings. The van der Waals surface area contributed by atoms with Crippen LogP contribution in [0.2, 0.25) is 0 Å². The summed E-state index contributed by atoms with van der Waals surface area (Å²) in [4.78, 5) is 34.6. The van der Waals surface area contributed by atoms with E-state index in [1.807, 2.05) is 0 Å². The molecule has 0 aromatic rings. The van der Waals surface area contributed by atoms with Crippen molar-refractivity contribution in [2.75, 3.05) is 20.3 Å². The monoisotopic (exact) mass is 873 g/mol. The molecule has 2 atom stereocenters. The highest BCUT2D eigenvalue weighted by Crippen LogP contribution is 2.42. The van der Waals surface area contributed by atoms with Crippen LogP contribution in [0.3, 0.4) is 0 Å². The molecule has 0 aliphatic carbocycles. The number of hydrogen-bond acceptors (Lipinski definition) is 7. The molecule has 2 unspecified atom stereocenters. The molecule has 0 saturated carbocycles. The summed E-state index contributed by atoms with van der Waals surface area (Å²) in [6.45, 7) is 3.74. The second-order valence-corrected chi connectivity index (χ2v) is 17.4. The van der Waals surface area contributed by atoms with Gasteiger partial charge in [-0.1, -0.05) is 189 Å². The highest BCUT2D eigenvalue weighted by atomic mass is 31.2. The molecule has 8 nitrogen and oxygen atoms in total. The molecule has 0 aliphatic heterocycles. The van der Waals surface area contributed by atoms with Crippen LogP contribution in [0.1, 0.15) is 206 Å². The molecule has 350 valence electrons. The summed E-state index contributed by atoms with van der Waals surface area (Å²) in [5, 5.41) is 0. The molecule has 1 N–H and O–H groups in total. The van der Waals surface area contributed by atoms with E-state index in [0.717, 1.165) is 103 Å². The number of phosphoric acid groups is 1. The SMILES string of the molecule is CC/C=C\C/C=C\C/C=C\C/C=C\CCCCCCCCCCCCC(=O)OC(COC(=O)CCCCCCCC/C=C\C/C=C\C/C=C\CCCCC)COP(=O)(O)OC. The van der Waals surface area contributed by atoms with Gasteiger partial charge in [0, 0.05) is 20.0 Å². The topological polar surface area (TPSA) is 108 Å². The Bertz CT molecular complexity index is 1260. The van der Waals surface area contributed by atoms with E-state index < -0.39 is 26.5 Å². The van der Waals surface area contributed by atoms with Crippen molar-refractivity contribution in [1.82, 2.24) is 0 Å². The van der Waals surface area contributed by atoms with Gasteiger partial charge in [-0.05, 0) is 89.9 Å². The molecule has 0 bridgehead atoms. The Kier molecular flexibility index (Phi) is 44.6. The molecular formula is C52H89O8P. The van der Waals surface area contributed by atoms with Crippen LogP contribution in [0.4, 0.5) is 0 Å². The molecular weight excluding hydrogens is 784 g/mol. The van der Waals surface area contributed by atoms with Crippen LogP contribution < -0.4 is 0 Å². The van der Waals surface area contributed by atoms with Gasteiger partial charge in [-0.3, -0.25) is 18.6 Å². The van der Waals surface area contributed by atoms with Crippen LogP contribution in [-0.2, 0) is 32.7 Å². The zero-order valence-corrected chi connectivity index (χ0v) is 39.9. The molecule has 0 spiro atoms. The van der Waals surface area contributed by atoms with Gasteiger partial charge in [0.05, 0.1) is 6.61 Å². The fourth-order valence-corrected chi connectivity index (χ4v) is 6.88. The summed E-state index contributed by atoms with van der Waals surface area (Å²) in [5.74, 6) is -0.826. The molecule has 0 radical (unpaired) electrons. The van der Waals surface area contributed by atoms with Gasteiger partial charge in [0.1, 0.15) is 6.61 Å². The van der Waals surface area contributed by atoms with E-state index in [-0.39, 0.29) is 25.4 Å². The first-order valence-electron chi connectivity index (χ1n) is 24.3. The normalized spacial score (nSPS) is 14.0. The second kappa shape index (κ2) is 46.7. The van der Waals surface area contributed by atoms with E-state index in [1.165, 1.54) is 77.0 Å². The third-order valence-electron chi connectivity index (χ3n) is 10.1. The maximum absolute atomic E-state index is 12.6. The van der Waals surface area contributed by atoms with Gasteiger partial charge in [0.15, 0.2) is 6.10 Å². The van der Waals surface area contributed by atoms with Crippen molar-refractivity contribution >= 4 is 19.8 Å². The van der Waals surface area contributed by atoms with Crippen molar-refractivity contribution in [3.63, 3.8) is 0 Å². The summed E-state index contributed by atoms with van der Waals surface area (Å²) in [7, 11) is -3.22. The van der Waals surface area contributed by atoms with E-state index in [2.05, 4.69) is 103 Å². The number of ether oxygens (including phenoxy) is 2. The Balaban J connectivity index is 3.98. The maximum Gasteiger partial charge on any atom is 0.472 e. The first-order chi connectivity index (χ1) is 29.8. The van der Waals surface area contributed by atoms with E-state index in [4.69, 9.17) is 14.0 Å². The van der Waals surface area contributed by atoms with Crippen molar-refractivity contribution in [2.24, 2.45) is 0 Å². The van der Waals surface area contributed by atoms with Crippen LogP contribution >= 0.6 is 7.82 Å².